The zero-order valence-corrected chi connectivity index (χ0v) is 18.9. The highest BCUT2D eigenvalue weighted by molar-refractivity contribution is 6.30. The highest BCUT2D eigenvalue weighted by atomic mass is 35.5. The molecule has 7 nitrogen and oxygen atoms in total. The first-order chi connectivity index (χ1) is 16.3. The number of aromatic nitrogens is 3. The van der Waals surface area contributed by atoms with Crippen LogP contribution in [-0.2, 0) is 6.54 Å². The number of benzene rings is 3. The monoisotopic (exact) mass is 478 g/mol. The quantitative estimate of drug-likeness (QED) is 0.457. The van der Waals surface area contributed by atoms with Crippen molar-refractivity contribution in [2.45, 2.75) is 19.5 Å². The number of carbonyl (C=O) groups is 1. The van der Waals surface area contributed by atoms with Crippen molar-refractivity contribution in [3.05, 3.63) is 127 Å². The Bertz CT molecular complexity index is 1450. The lowest BCUT2D eigenvalue weighted by atomic mass is 10.1. The van der Waals surface area contributed by atoms with Crippen LogP contribution in [0.25, 0.3) is 5.69 Å². The van der Waals surface area contributed by atoms with E-state index in [2.05, 4.69) is 10.4 Å². The largest absolute Gasteiger partial charge is 0.352 e. The predicted molar refractivity (Wildman–Crippen MR) is 127 cm³/mol. The first kappa shape index (κ1) is 23.1. The van der Waals surface area contributed by atoms with Crippen LogP contribution in [0, 0.1) is 5.82 Å². The van der Waals surface area contributed by atoms with Crippen LogP contribution in [0.3, 0.4) is 0 Å². The van der Waals surface area contributed by atoms with Crippen LogP contribution >= 0.6 is 11.6 Å². The Balaban J connectivity index is 1.81. The fourth-order valence-corrected chi connectivity index (χ4v) is 3.67. The molecule has 0 spiro atoms. The van der Waals surface area contributed by atoms with E-state index in [-0.39, 0.29) is 12.2 Å². The van der Waals surface area contributed by atoms with Gasteiger partial charge in [0.1, 0.15) is 5.82 Å². The second-order valence-corrected chi connectivity index (χ2v) is 8.08. The molecule has 4 rings (SSSR count). The first-order valence-electron chi connectivity index (χ1n) is 10.4. The maximum atomic E-state index is 13.4. The van der Waals surface area contributed by atoms with E-state index >= 15 is 0 Å². The first-order valence-corrected chi connectivity index (χ1v) is 10.8. The summed E-state index contributed by atoms with van der Waals surface area (Å²) in [5.41, 5.74) is -0.454. The predicted octanol–water partition coefficient (Wildman–Crippen LogP) is 3.73. The lowest BCUT2D eigenvalue weighted by Gasteiger charge is -2.16. The summed E-state index contributed by atoms with van der Waals surface area (Å²) in [4.78, 5) is 39.5. The van der Waals surface area contributed by atoms with E-state index in [1.54, 1.807) is 31.2 Å². The smallest absolute Gasteiger partial charge is 0.344 e. The normalized spacial score (nSPS) is 11.7. The zero-order chi connectivity index (χ0) is 24.2. The lowest BCUT2D eigenvalue weighted by molar-refractivity contribution is 0.0930. The molecule has 0 radical (unpaired) electrons. The molecule has 1 atom stereocenters. The van der Waals surface area contributed by atoms with Crippen LogP contribution in [0.2, 0.25) is 5.02 Å². The molecule has 0 aliphatic rings. The van der Waals surface area contributed by atoms with E-state index in [4.69, 9.17) is 11.6 Å². The van der Waals surface area contributed by atoms with Crippen molar-refractivity contribution in [3.63, 3.8) is 0 Å². The van der Waals surface area contributed by atoms with Crippen molar-refractivity contribution >= 4 is 17.5 Å². The van der Waals surface area contributed by atoms with Crippen molar-refractivity contribution in [1.82, 2.24) is 19.7 Å². The van der Waals surface area contributed by atoms with Gasteiger partial charge >= 0.3 is 5.69 Å². The summed E-state index contributed by atoms with van der Waals surface area (Å²) in [7, 11) is 0. The fourth-order valence-electron chi connectivity index (χ4n) is 3.45. The van der Waals surface area contributed by atoms with Crippen molar-refractivity contribution in [2.24, 2.45) is 0 Å². The SMILES string of the molecule is CC(NC(=O)c1nn(-c2ccc(F)cc2)c(=O)n(Cc2cccc(Cl)c2)c1=O)c1ccccc1. The van der Waals surface area contributed by atoms with Gasteiger partial charge in [-0.25, -0.2) is 9.18 Å². The van der Waals surface area contributed by atoms with Crippen LogP contribution in [-0.4, -0.2) is 20.3 Å². The van der Waals surface area contributed by atoms with E-state index < -0.39 is 34.7 Å². The average Bonchev–Trinajstić information content (AvgIpc) is 2.83. The van der Waals surface area contributed by atoms with Crippen molar-refractivity contribution < 1.29 is 9.18 Å². The molecule has 0 bridgehead atoms. The molecular weight excluding hydrogens is 459 g/mol. The third kappa shape index (κ3) is 4.97. The van der Waals surface area contributed by atoms with Crippen molar-refractivity contribution in [3.8, 4) is 5.69 Å². The number of hydrogen-bond acceptors (Lipinski definition) is 4. The Morgan fingerprint density at radius 3 is 2.41 bits per heavy atom. The van der Waals surface area contributed by atoms with Crippen molar-refractivity contribution in [2.75, 3.05) is 0 Å². The van der Waals surface area contributed by atoms with Crippen LogP contribution < -0.4 is 16.6 Å². The third-order valence-corrected chi connectivity index (χ3v) is 5.46. The summed E-state index contributed by atoms with van der Waals surface area (Å²) >= 11 is 6.05. The number of nitrogens with one attached hydrogen (secondary N) is 1. The Kier molecular flexibility index (Phi) is 6.70. The maximum absolute atomic E-state index is 13.4. The van der Waals surface area contributed by atoms with E-state index in [1.165, 1.54) is 12.1 Å². The summed E-state index contributed by atoms with van der Waals surface area (Å²) in [6, 6.07) is 20.5. The molecular formula is C25H20ClFN4O3. The standard InChI is InChI=1S/C25H20ClFN4O3/c1-16(18-7-3-2-4-8-18)28-23(32)22-24(33)30(15-17-6-5-9-19(26)14-17)25(34)31(29-22)21-12-10-20(27)11-13-21/h2-14,16H,15H2,1H3,(H,28,32). The highest BCUT2D eigenvalue weighted by Crippen LogP contribution is 2.13. The number of hydrogen-bond donors (Lipinski definition) is 1. The molecule has 1 amide bonds. The van der Waals surface area contributed by atoms with Gasteiger partial charge in [-0.1, -0.05) is 54.1 Å². The molecule has 9 heteroatoms. The molecule has 4 aromatic rings. The van der Waals surface area contributed by atoms with Crippen LogP contribution in [0.4, 0.5) is 4.39 Å². The zero-order valence-electron chi connectivity index (χ0n) is 18.1. The number of amides is 1. The lowest BCUT2D eigenvalue weighted by Crippen LogP contribution is -2.46. The minimum absolute atomic E-state index is 0.129. The molecule has 34 heavy (non-hydrogen) atoms. The second-order valence-electron chi connectivity index (χ2n) is 7.65. The Hall–Kier alpha value is -4.04. The topological polar surface area (TPSA) is 86.0 Å². The molecule has 0 aliphatic heterocycles. The molecule has 3 aromatic carbocycles. The second kappa shape index (κ2) is 9.84. The van der Waals surface area contributed by atoms with Gasteiger partial charge in [-0.3, -0.25) is 14.2 Å². The molecule has 1 heterocycles. The summed E-state index contributed by atoms with van der Waals surface area (Å²) in [5.74, 6) is -1.24. The number of nitrogens with zero attached hydrogens (tertiary/aromatic N) is 3. The molecule has 1 aromatic heterocycles. The van der Waals surface area contributed by atoms with Gasteiger partial charge in [0, 0.05) is 5.02 Å². The van der Waals surface area contributed by atoms with E-state index in [1.807, 2.05) is 30.3 Å². The number of halogens is 2. The van der Waals surface area contributed by atoms with Gasteiger partial charge in [-0.2, -0.15) is 9.78 Å². The Morgan fingerprint density at radius 1 is 1.03 bits per heavy atom. The molecule has 0 fully saturated rings. The van der Waals surface area contributed by atoms with E-state index in [0.29, 0.717) is 10.6 Å². The van der Waals surface area contributed by atoms with Gasteiger partial charge in [-0.05, 0) is 54.4 Å². The van der Waals surface area contributed by atoms with Crippen LogP contribution in [0.15, 0.2) is 88.5 Å². The fraction of sp³-hybridized carbons (Fsp3) is 0.120. The molecule has 0 saturated carbocycles. The van der Waals surface area contributed by atoms with Gasteiger partial charge in [0.2, 0.25) is 5.69 Å². The third-order valence-electron chi connectivity index (χ3n) is 5.22. The van der Waals surface area contributed by atoms with E-state index in [0.717, 1.165) is 26.9 Å². The number of rotatable bonds is 6. The summed E-state index contributed by atoms with van der Waals surface area (Å²) < 4.78 is 15.3. The average molecular weight is 479 g/mol. The van der Waals surface area contributed by atoms with Gasteiger partial charge < -0.3 is 5.32 Å². The van der Waals surface area contributed by atoms with Crippen LogP contribution in [0.1, 0.15) is 34.6 Å². The molecule has 0 saturated heterocycles. The summed E-state index contributed by atoms with van der Waals surface area (Å²) in [5, 5.41) is 7.24. The van der Waals surface area contributed by atoms with Gasteiger partial charge in [0.25, 0.3) is 11.5 Å². The minimum Gasteiger partial charge on any atom is -0.344 e. The maximum Gasteiger partial charge on any atom is 0.352 e. The Labute approximate surface area is 199 Å². The highest BCUT2D eigenvalue weighted by Gasteiger charge is 2.22. The molecule has 1 unspecified atom stereocenters. The molecule has 172 valence electrons. The summed E-state index contributed by atoms with van der Waals surface area (Å²) in [6.45, 7) is 1.64. The molecule has 0 aliphatic carbocycles. The van der Waals surface area contributed by atoms with E-state index in [9.17, 15) is 18.8 Å². The minimum atomic E-state index is -0.846. The van der Waals surface area contributed by atoms with Gasteiger partial charge in [0.15, 0.2) is 0 Å². The Morgan fingerprint density at radius 2 is 1.74 bits per heavy atom. The number of carbonyl (C=O) groups excluding carboxylic acids is 1. The summed E-state index contributed by atoms with van der Waals surface area (Å²) in [6.07, 6.45) is 0. The van der Waals surface area contributed by atoms with Crippen LogP contribution in [0.5, 0.6) is 0 Å². The molecule has 1 N–H and O–H groups in total. The van der Waals surface area contributed by atoms with Gasteiger partial charge in [-0.15, -0.1) is 0 Å². The van der Waals surface area contributed by atoms with Gasteiger partial charge in [0.05, 0.1) is 18.3 Å². The van der Waals surface area contributed by atoms with Crippen molar-refractivity contribution in [1.29, 1.82) is 0 Å².